The molecular weight excluding hydrogens is 214 g/mol. The lowest BCUT2D eigenvalue weighted by atomic mass is 9.90. The van der Waals surface area contributed by atoms with E-state index < -0.39 is 11.5 Å². The highest BCUT2D eigenvalue weighted by Crippen LogP contribution is 2.24. The molecule has 0 spiro atoms. The summed E-state index contributed by atoms with van der Waals surface area (Å²) in [7, 11) is 0. The van der Waals surface area contributed by atoms with Crippen molar-refractivity contribution in [2.75, 3.05) is 5.32 Å². The summed E-state index contributed by atoms with van der Waals surface area (Å²) >= 11 is 0. The Hall–Kier alpha value is -1.51. The third-order valence-electron chi connectivity index (χ3n) is 3.09. The summed E-state index contributed by atoms with van der Waals surface area (Å²) in [5.74, 6) is -0.775. The van der Waals surface area contributed by atoms with E-state index in [2.05, 4.69) is 5.32 Å². The minimum Gasteiger partial charge on any atom is -0.480 e. The molecule has 3 nitrogen and oxygen atoms in total. The van der Waals surface area contributed by atoms with Gasteiger partial charge in [0.25, 0.3) is 0 Å². The molecule has 3 heteroatoms. The molecule has 1 rings (SSSR count). The number of rotatable bonds is 6. The molecule has 0 bridgehead atoms. The summed E-state index contributed by atoms with van der Waals surface area (Å²) in [5.41, 5.74) is 1.16. The molecular formula is C14H21NO2. The van der Waals surface area contributed by atoms with E-state index in [0.717, 1.165) is 17.7 Å². The Morgan fingerprint density at radius 2 is 2.12 bits per heavy atom. The van der Waals surface area contributed by atoms with Crippen molar-refractivity contribution < 1.29 is 9.90 Å². The number of hydrogen-bond acceptors (Lipinski definition) is 2. The molecule has 0 aliphatic heterocycles. The van der Waals surface area contributed by atoms with Crippen LogP contribution in [0.15, 0.2) is 24.3 Å². The van der Waals surface area contributed by atoms with Crippen LogP contribution in [0.2, 0.25) is 0 Å². The van der Waals surface area contributed by atoms with Crippen molar-refractivity contribution in [1.82, 2.24) is 0 Å². The highest BCUT2D eigenvalue weighted by Gasteiger charge is 2.35. The van der Waals surface area contributed by atoms with Crippen LogP contribution in [0.3, 0.4) is 0 Å². The lowest BCUT2D eigenvalue weighted by Gasteiger charge is -2.30. The number of aliphatic carboxylic acids is 1. The molecule has 0 heterocycles. The molecule has 1 aromatic rings. The van der Waals surface area contributed by atoms with Crippen LogP contribution in [-0.4, -0.2) is 16.6 Å². The van der Waals surface area contributed by atoms with Crippen LogP contribution >= 0.6 is 0 Å². The first-order chi connectivity index (χ1) is 8.04. The second-order valence-electron chi connectivity index (χ2n) is 4.49. The molecule has 17 heavy (non-hydrogen) atoms. The van der Waals surface area contributed by atoms with E-state index in [0.29, 0.717) is 12.8 Å². The molecule has 94 valence electrons. The van der Waals surface area contributed by atoms with E-state index in [9.17, 15) is 9.90 Å². The zero-order valence-electron chi connectivity index (χ0n) is 10.8. The number of carboxylic acid groups (broad SMARTS) is 1. The second-order valence-corrected chi connectivity index (χ2v) is 4.49. The maximum absolute atomic E-state index is 11.5. The Morgan fingerprint density at radius 1 is 1.41 bits per heavy atom. The summed E-state index contributed by atoms with van der Waals surface area (Å²) in [6.07, 6.45) is 2.05. The van der Waals surface area contributed by atoms with Gasteiger partial charge in [-0.25, -0.2) is 4.79 Å². The van der Waals surface area contributed by atoms with Gasteiger partial charge >= 0.3 is 5.97 Å². The summed E-state index contributed by atoms with van der Waals surface area (Å²) in [6.45, 7) is 5.91. The maximum atomic E-state index is 11.5. The van der Waals surface area contributed by atoms with Gasteiger partial charge in [-0.1, -0.05) is 32.4 Å². The molecule has 1 unspecified atom stereocenters. The molecule has 0 radical (unpaired) electrons. The van der Waals surface area contributed by atoms with Crippen molar-refractivity contribution in [3.63, 3.8) is 0 Å². The quantitative estimate of drug-likeness (QED) is 0.794. The fourth-order valence-electron chi connectivity index (χ4n) is 2.07. The number of carboxylic acids is 1. The third kappa shape index (κ3) is 3.22. The van der Waals surface area contributed by atoms with Gasteiger partial charge in [0, 0.05) is 5.69 Å². The normalized spacial score (nSPS) is 14.1. The zero-order chi connectivity index (χ0) is 12.9. The fraction of sp³-hybridized carbons (Fsp3) is 0.500. The Morgan fingerprint density at radius 3 is 2.59 bits per heavy atom. The van der Waals surface area contributed by atoms with Crippen molar-refractivity contribution in [2.24, 2.45) is 0 Å². The average Bonchev–Trinajstić information content (AvgIpc) is 2.28. The molecule has 0 amide bonds. The van der Waals surface area contributed by atoms with Gasteiger partial charge in [-0.2, -0.15) is 0 Å². The summed E-state index contributed by atoms with van der Waals surface area (Å²) in [6, 6.07) is 7.82. The monoisotopic (exact) mass is 235 g/mol. The predicted molar refractivity (Wildman–Crippen MR) is 70.4 cm³/mol. The standard InChI is InChI=1S/C14H21NO2/c1-4-9-14(5-2,13(16)17)15-12-8-6-7-11(3)10-12/h6-8,10,15H,4-5,9H2,1-3H3,(H,16,17). The van der Waals surface area contributed by atoms with Crippen molar-refractivity contribution in [3.05, 3.63) is 29.8 Å². The average molecular weight is 235 g/mol. The molecule has 1 atom stereocenters. The van der Waals surface area contributed by atoms with Crippen molar-refractivity contribution in [3.8, 4) is 0 Å². The van der Waals surface area contributed by atoms with Crippen LogP contribution in [0.1, 0.15) is 38.7 Å². The fourth-order valence-corrected chi connectivity index (χ4v) is 2.07. The van der Waals surface area contributed by atoms with Gasteiger partial charge in [0.15, 0.2) is 0 Å². The van der Waals surface area contributed by atoms with E-state index in [4.69, 9.17) is 0 Å². The number of carbonyl (C=O) groups is 1. The molecule has 2 N–H and O–H groups in total. The lowest BCUT2D eigenvalue weighted by molar-refractivity contribution is -0.142. The van der Waals surface area contributed by atoms with Crippen LogP contribution < -0.4 is 5.32 Å². The summed E-state index contributed by atoms with van der Waals surface area (Å²) in [4.78, 5) is 11.5. The first-order valence-electron chi connectivity index (χ1n) is 6.12. The van der Waals surface area contributed by atoms with Gasteiger partial charge in [-0.3, -0.25) is 0 Å². The van der Waals surface area contributed by atoms with E-state index in [1.165, 1.54) is 0 Å². The largest absolute Gasteiger partial charge is 0.480 e. The Kier molecular flexibility index (Phi) is 4.55. The third-order valence-corrected chi connectivity index (χ3v) is 3.09. The van der Waals surface area contributed by atoms with Gasteiger partial charge in [-0.15, -0.1) is 0 Å². The van der Waals surface area contributed by atoms with Crippen LogP contribution in [0.4, 0.5) is 5.69 Å². The smallest absolute Gasteiger partial charge is 0.329 e. The Labute approximate surface area is 103 Å². The predicted octanol–water partition coefficient (Wildman–Crippen LogP) is 3.44. The Balaban J connectivity index is 2.96. The van der Waals surface area contributed by atoms with Crippen LogP contribution in [0.25, 0.3) is 0 Å². The van der Waals surface area contributed by atoms with Crippen LogP contribution in [0.5, 0.6) is 0 Å². The van der Waals surface area contributed by atoms with Gasteiger partial charge in [0.05, 0.1) is 0 Å². The lowest BCUT2D eigenvalue weighted by Crippen LogP contribution is -2.45. The minimum absolute atomic E-state index is 0.574. The van der Waals surface area contributed by atoms with Crippen molar-refractivity contribution >= 4 is 11.7 Å². The van der Waals surface area contributed by atoms with Gasteiger partial charge in [0.2, 0.25) is 0 Å². The Bertz CT molecular complexity index is 390. The van der Waals surface area contributed by atoms with E-state index in [1.807, 2.05) is 45.0 Å². The summed E-state index contributed by atoms with van der Waals surface area (Å²) < 4.78 is 0. The number of aryl methyl sites for hydroxylation is 1. The molecule has 0 aliphatic carbocycles. The van der Waals surface area contributed by atoms with Gasteiger partial charge in [-0.05, 0) is 37.5 Å². The van der Waals surface area contributed by atoms with Crippen LogP contribution in [0, 0.1) is 6.92 Å². The van der Waals surface area contributed by atoms with Gasteiger partial charge < -0.3 is 10.4 Å². The zero-order valence-corrected chi connectivity index (χ0v) is 10.8. The molecule has 0 saturated carbocycles. The number of hydrogen-bond donors (Lipinski definition) is 2. The summed E-state index contributed by atoms with van der Waals surface area (Å²) in [5, 5.41) is 12.6. The minimum atomic E-state index is -0.845. The first-order valence-corrected chi connectivity index (χ1v) is 6.12. The van der Waals surface area contributed by atoms with E-state index in [-0.39, 0.29) is 0 Å². The van der Waals surface area contributed by atoms with Gasteiger partial charge in [0.1, 0.15) is 5.54 Å². The number of anilines is 1. The highest BCUT2D eigenvalue weighted by molar-refractivity contribution is 5.82. The second kappa shape index (κ2) is 5.71. The molecule has 1 aromatic carbocycles. The van der Waals surface area contributed by atoms with E-state index in [1.54, 1.807) is 0 Å². The van der Waals surface area contributed by atoms with E-state index >= 15 is 0 Å². The molecule has 0 saturated heterocycles. The topological polar surface area (TPSA) is 49.3 Å². The highest BCUT2D eigenvalue weighted by atomic mass is 16.4. The first kappa shape index (κ1) is 13.6. The maximum Gasteiger partial charge on any atom is 0.329 e. The molecule has 0 aliphatic rings. The molecule has 0 fully saturated rings. The number of nitrogens with one attached hydrogen (secondary N) is 1. The molecule has 0 aromatic heterocycles. The SMILES string of the molecule is CCCC(CC)(Nc1cccc(C)c1)C(=O)O. The van der Waals surface area contributed by atoms with Crippen LogP contribution in [-0.2, 0) is 4.79 Å². The number of benzene rings is 1. The van der Waals surface area contributed by atoms with Crippen molar-refractivity contribution in [1.29, 1.82) is 0 Å². The van der Waals surface area contributed by atoms with Crippen molar-refractivity contribution in [2.45, 2.75) is 45.6 Å².